The first-order valence-corrected chi connectivity index (χ1v) is 6.97. The van der Waals surface area contributed by atoms with Crippen LogP contribution in [-0.4, -0.2) is 22.8 Å². The number of allylic oxidation sites excluding steroid dienone is 1. The van der Waals surface area contributed by atoms with Crippen molar-refractivity contribution in [3.63, 3.8) is 0 Å². The van der Waals surface area contributed by atoms with E-state index in [9.17, 15) is 15.0 Å². The van der Waals surface area contributed by atoms with E-state index in [1.165, 1.54) is 18.2 Å². The summed E-state index contributed by atoms with van der Waals surface area (Å²) in [5, 5.41) is 19.0. The van der Waals surface area contributed by atoms with Crippen LogP contribution >= 0.6 is 0 Å². The maximum absolute atomic E-state index is 11.8. The predicted molar refractivity (Wildman–Crippen MR) is 84.5 cm³/mol. The summed E-state index contributed by atoms with van der Waals surface area (Å²) in [4.78, 5) is 11.8. The van der Waals surface area contributed by atoms with E-state index in [4.69, 9.17) is 4.74 Å². The molecule has 0 fully saturated rings. The molecule has 0 aliphatic heterocycles. The molecule has 0 aliphatic carbocycles. The molecule has 0 heterocycles. The summed E-state index contributed by atoms with van der Waals surface area (Å²) in [5.74, 6) is -0.564. The molecule has 2 aromatic carbocycles. The van der Waals surface area contributed by atoms with Crippen molar-refractivity contribution >= 4 is 11.5 Å². The van der Waals surface area contributed by atoms with E-state index < -0.39 is 5.97 Å². The zero-order chi connectivity index (χ0) is 15.9. The standard InChI is InChI=1S/C18H18O4/c1-13(16-8-7-15(19)12-17(16)20)11-18(21)22-10-9-14-5-3-2-4-6-14/h2-8,11-12,19-20H,9-10H2,1H3/b13-11-. The molecule has 0 bridgehead atoms. The van der Waals surface area contributed by atoms with E-state index in [-0.39, 0.29) is 11.5 Å². The normalized spacial score (nSPS) is 11.2. The van der Waals surface area contributed by atoms with E-state index in [1.54, 1.807) is 13.0 Å². The predicted octanol–water partition coefficient (Wildman–Crippen LogP) is 3.29. The van der Waals surface area contributed by atoms with Gasteiger partial charge in [0.05, 0.1) is 6.61 Å². The lowest BCUT2D eigenvalue weighted by atomic mass is 10.1. The highest BCUT2D eigenvalue weighted by Gasteiger charge is 2.07. The first kappa shape index (κ1) is 15.6. The second-order valence-corrected chi connectivity index (χ2v) is 4.93. The van der Waals surface area contributed by atoms with Gasteiger partial charge in [0.1, 0.15) is 11.5 Å². The van der Waals surface area contributed by atoms with E-state index in [0.717, 1.165) is 5.56 Å². The van der Waals surface area contributed by atoms with E-state index in [2.05, 4.69) is 0 Å². The molecule has 0 spiro atoms. The van der Waals surface area contributed by atoms with Gasteiger partial charge in [-0.05, 0) is 30.2 Å². The monoisotopic (exact) mass is 298 g/mol. The molecule has 0 radical (unpaired) electrons. The molecule has 0 unspecified atom stereocenters. The van der Waals surface area contributed by atoms with Crippen molar-refractivity contribution in [2.45, 2.75) is 13.3 Å². The Balaban J connectivity index is 1.92. The van der Waals surface area contributed by atoms with E-state index in [0.29, 0.717) is 24.2 Å². The van der Waals surface area contributed by atoms with Crippen LogP contribution in [0.15, 0.2) is 54.6 Å². The van der Waals surface area contributed by atoms with Crippen molar-refractivity contribution in [1.82, 2.24) is 0 Å². The van der Waals surface area contributed by atoms with Gasteiger partial charge in [0.2, 0.25) is 0 Å². The number of aromatic hydroxyl groups is 2. The fourth-order valence-electron chi connectivity index (χ4n) is 2.06. The highest BCUT2D eigenvalue weighted by Crippen LogP contribution is 2.28. The van der Waals surface area contributed by atoms with Crippen molar-refractivity contribution in [2.24, 2.45) is 0 Å². The number of benzene rings is 2. The van der Waals surface area contributed by atoms with Gasteiger partial charge < -0.3 is 14.9 Å². The van der Waals surface area contributed by atoms with Crippen LogP contribution in [0.25, 0.3) is 5.57 Å². The fourth-order valence-corrected chi connectivity index (χ4v) is 2.06. The third-order valence-electron chi connectivity index (χ3n) is 3.22. The Morgan fingerprint density at radius 3 is 2.55 bits per heavy atom. The van der Waals surface area contributed by atoms with Gasteiger partial charge in [-0.2, -0.15) is 0 Å². The van der Waals surface area contributed by atoms with Gasteiger partial charge in [0.15, 0.2) is 0 Å². The molecular weight excluding hydrogens is 280 g/mol. The minimum atomic E-state index is -0.457. The van der Waals surface area contributed by atoms with Gasteiger partial charge in [0, 0.05) is 24.1 Å². The number of phenols is 2. The summed E-state index contributed by atoms with van der Waals surface area (Å²) < 4.78 is 5.16. The lowest BCUT2D eigenvalue weighted by molar-refractivity contribution is -0.137. The molecule has 0 saturated carbocycles. The minimum absolute atomic E-state index is 0.0283. The molecule has 4 heteroatoms. The maximum atomic E-state index is 11.8. The average Bonchev–Trinajstić information content (AvgIpc) is 2.48. The molecular formula is C18H18O4. The van der Waals surface area contributed by atoms with Gasteiger partial charge in [-0.1, -0.05) is 30.3 Å². The lowest BCUT2D eigenvalue weighted by Gasteiger charge is -2.06. The van der Waals surface area contributed by atoms with Crippen LogP contribution in [0.2, 0.25) is 0 Å². The lowest BCUT2D eigenvalue weighted by Crippen LogP contribution is -2.05. The van der Waals surface area contributed by atoms with Crippen LogP contribution in [0.1, 0.15) is 18.1 Å². The summed E-state index contributed by atoms with van der Waals surface area (Å²) in [6.45, 7) is 2.00. The van der Waals surface area contributed by atoms with Crippen molar-refractivity contribution in [3.05, 3.63) is 65.7 Å². The Morgan fingerprint density at radius 2 is 1.86 bits per heavy atom. The fraction of sp³-hybridized carbons (Fsp3) is 0.167. The maximum Gasteiger partial charge on any atom is 0.331 e. The van der Waals surface area contributed by atoms with Crippen LogP contribution in [0, 0.1) is 0 Å². The van der Waals surface area contributed by atoms with Gasteiger partial charge in [0.25, 0.3) is 0 Å². The smallest absolute Gasteiger partial charge is 0.331 e. The second-order valence-electron chi connectivity index (χ2n) is 4.93. The van der Waals surface area contributed by atoms with Crippen LogP contribution in [0.5, 0.6) is 11.5 Å². The molecule has 0 saturated heterocycles. The molecule has 22 heavy (non-hydrogen) atoms. The minimum Gasteiger partial charge on any atom is -0.508 e. The number of rotatable bonds is 5. The van der Waals surface area contributed by atoms with Crippen molar-refractivity contribution in [1.29, 1.82) is 0 Å². The van der Waals surface area contributed by atoms with Gasteiger partial charge in [-0.3, -0.25) is 0 Å². The Labute approximate surface area is 129 Å². The molecule has 0 aromatic heterocycles. The van der Waals surface area contributed by atoms with Gasteiger partial charge in [-0.25, -0.2) is 4.79 Å². The number of carbonyl (C=O) groups is 1. The largest absolute Gasteiger partial charge is 0.508 e. The number of carbonyl (C=O) groups excluding carboxylic acids is 1. The summed E-state index contributed by atoms with van der Waals surface area (Å²) in [5.41, 5.74) is 2.16. The van der Waals surface area contributed by atoms with Crippen LogP contribution in [0.4, 0.5) is 0 Å². The summed E-state index contributed by atoms with van der Waals surface area (Å²) in [6, 6.07) is 14.0. The van der Waals surface area contributed by atoms with E-state index in [1.807, 2.05) is 30.3 Å². The van der Waals surface area contributed by atoms with Crippen LogP contribution in [-0.2, 0) is 16.0 Å². The molecule has 0 aliphatic rings. The molecule has 2 aromatic rings. The molecule has 0 atom stereocenters. The first-order chi connectivity index (χ1) is 10.6. The number of phenolic OH excluding ortho intramolecular Hbond substituents is 2. The van der Waals surface area contributed by atoms with Crippen LogP contribution < -0.4 is 0 Å². The van der Waals surface area contributed by atoms with Crippen molar-refractivity contribution in [3.8, 4) is 11.5 Å². The highest BCUT2D eigenvalue weighted by molar-refractivity contribution is 5.91. The quantitative estimate of drug-likeness (QED) is 0.656. The Kier molecular flexibility index (Phi) is 5.20. The summed E-state index contributed by atoms with van der Waals surface area (Å²) >= 11 is 0. The number of ether oxygens (including phenoxy) is 1. The van der Waals surface area contributed by atoms with E-state index >= 15 is 0 Å². The zero-order valence-electron chi connectivity index (χ0n) is 12.3. The van der Waals surface area contributed by atoms with Crippen molar-refractivity contribution < 1.29 is 19.7 Å². The highest BCUT2D eigenvalue weighted by atomic mass is 16.5. The van der Waals surface area contributed by atoms with Crippen molar-refractivity contribution in [2.75, 3.05) is 6.61 Å². The molecule has 114 valence electrons. The topological polar surface area (TPSA) is 66.8 Å². The van der Waals surface area contributed by atoms with Gasteiger partial charge in [-0.15, -0.1) is 0 Å². The molecule has 2 rings (SSSR count). The first-order valence-electron chi connectivity index (χ1n) is 6.97. The third kappa shape index (κ3) is 4.38. The second kappa shape index (κ2) is 7.31. The average molecular weight is 298 g/mol. The summed E-state index contributed by atoms with van der Waals surface area (Å²) in [6.07, 6.45) is 1.99. The number of esters is 1. The summed E-state index contributed by atoms with van der Waals surface area (Å²) in [7, 11) is 0. The molecule has 4 nitrogen and oxygen atoms in total. The number of hydrogen-bond donors (Lipinski definition) is 2. The molecule has 2 N–H and O–H groups in total. The van der Waals surface area contributed by atoms with Crippen LogP contribution in [0.3, 0.4) is 0 Å². The third-order valence-corrected chi connectivity index (χ3v) is 3.22. The SMILES string of the molecule is C/C(=C/C(=O)OCCc1ccccc1)c1ccc(O)cc1O. The van der Waals surface area contributed by atoms with Gasteiger partial charge >= 0.3 is 5.97 Å². The molecule has 0 amide bonds. The zero-order valence-corrected chi connectivity index (χ0v) is 12.3. The number of hydrogen-bond acceptors (Lipinski definition) is 4. The Morgan fingerprint density at radius 1 is 1.14 bits per heavy atom. The Bertz CT molecular complexity index is 675. The Hall–Kier alpha value is -2.75.